The van der Waals surface area contributed by atoms with Crippen molar-refractivity contribution in [2.45, 2.75) is 25.3 Å². The molecule has 5 nitrogen and oxygen atoms in total. The number of aromatic nitrogens is 1. The molecule has 0 radical (unpaired) electrons. The van der Waals surface area contributed by atoms with Gasteiger partial charge in [-0.25, -0.2) is 8.42 Å². The van der Waals surface area contributed by atoms with Crippen molar-refractivity contribution in [2.24, 2.45) is 0 Å². The highest BCUT2D eigenvalue weighted by molar-refractivity contribution is 7.92. The van der Waals surface area contributed by atoms with Gasteiger partial charge in [-0.15, -0.1) is 0 Å². The molecule has 0 saturated heterocycles. The summed E-state index contributed by atoms with van der Waals surface area (Å²) < 4.78 is 27.2. The first kappa shape index (κ1) is 14.6. The third-order valence-electron chi connectivity index (χ3n) is 2.87. The second-order valence-electron chi connectivity index (χ2n) is 4.87. The molecule has 0 bridgehead atoms. The SMILES string of the molecule is CNCc1cc(S(=O)(=O)Nc2cc(C)cc(C)c2)c[nH]1. The van der Waals surface area contributed by atoms with Crippen LogP contribution in [0.3, 0.4) is 0 Å². The molecule has 0 unspecified atom stereocenters. The summed E-state index contributed by atoms with van der Waals surface area (Å²) in [6.45, 7) is 4.47. The molecule has 0 aliphatic carbocycles. The Bertz CT molecular complexity index is 685. The fourth-order valence-corrected chi connectivity index (χ4v) is 3.17. The first-order chi connectivity index (χ1) is 9.40. The minimum atomic E-state index is -3.55. The van der Waals surface area contributed by atoms with Gasteiger partial charge in [-0.1, -0.05) is 6.07 Å². The van der Waals surface area contributed by atoms with E-state index >= 15 is 0 Å². The Hall–Kier alpha value is -1.79. The fourth-order valence-electron chi connectivity index (χ4n) is 2.11. The Balaban J connectivity index is 2.25. The molecule has 3 N–H and O–H groups in total. The van der Waals surface area contributed by atoms with Crippen molar-refractivity contribution < 1.29 is 8.42 Å². The molecule has 0 fully saturated rings. The second kappa shape index (κ2) is 5.68. The largest absolute Gasteiger partial charge is 0.363 e. The zero-order valence-electron chi connectivity index (χ0n) is 11.8. The molecule has 2 rings (SSSR count). The van der Waals surface area contributed by atoms with E-state index in [-0.39, 0.29) is 4.90 Å². The molecule has 0 amide bonds. The third kappa shape index (κ3) is 3.40. The van der Waals surface area contributed by atoms with Crippen molar-refractivity contribution >= 4 is 15.7 Å². The molecule has 2 aromatic rings. The van der Waals surface area contributed by atoms with Gasteiger partial charge >= 0.3 is 0 Å². The molecule has 0 atom stereocenters. The summed E-state index contributed by atoms with van der Waals surface area (Å²) in [7, 11) is -1.75. The van der Waals surface area contributed by atoms with Crippen LogP contribution in [0.25, 0.3) is 0 Å². The summed E-state index contributed by atoms with van der Waals surface area (Å²) in [6.07, 6.45) is 1.50. The number of aryl methyl sites for hydroxylation is 2. The number of sulfonamides is 1. The Morgan fingerprint density at radius 3 is 2.35 bits per heavy atom. The standard InChI is InChI=1S/C14H19N3O2S/c1-10-4-11(2)6-12(5-10)17-20(18,19)14-7-13(8-15-3)16-9-14/h4-7,9,15-17H,8H2,1-3H3. The normalized spacial score (nSPS) is 11.6. The van der Waals surface area contributed by atoms with E-state index in [1.54, 1.807) is 6.07 Å². The average Bonchev–Trinajstić information content (AvgIpc) is 2.76. The minimum Gasteiger partial charge on any atom is -0.363 e. The van der Waals surface area contributed by atoms with Gasteiger partial charge in [-0.05, 0) is 50.2 Å². The van der Waals surface area contributed by atoms with Crippen LogP contribution in [0.4, 0.5) is 5.69 Å². The lowest BCUT2D eigenvalue weighted by Crippen LogP contribution is -2.12. The van der Waals surface area contributed by atoms with E-state index in [1.165, 1.54) is 6.20 Å². The van der Waals surface area contributed by atoms with Crippen LogP contribution in [0.5, 0.6) is 0 Å². The number of benzene rings is 1. The van der Waals surface area contributed by atoms with E-state index in [9.17, 15) is 8.42 Å². The predicted octanol–water partition coefficient (Wildman–Crippen LogP) is 2.15. The highest BCUT2D eigenvalue weighted by Gasteiger charge is 2.16. The molecule has 0 spiro atoms. The van der Waals surface area contributed by atoms with Crippen molar-refractivity contribution in [1.29, 1.82) is 0 Å². The highest BCUT2D eigenvalue weighted by Crippen LogP contribution is 2.19. The van der Waals surface area contributed by atoms with Crippen LogP contribution in [0, 0.1) is 13.8 Å². The number of hydrogen-bond donors (Lipinski definition) is 3. The first-order valence-electron chi connectivity index (χ1n) is 6.34. The van der Waals surface area contributed by atoms with Gasteiger partial charge in [0.25, 0.3) is 10.0 Å². The van der Waals surface area contributed by atoms with Gasteiger partial charge < -0.3 is 10.3 Å². The topological polar surface area (TPSA) is 74.0 Å². The molecule has 0 aliphatic heterocycles. The van der Waals surface area contributed by atoms with E-state index < -0.39 is 10.0 Å². The zero-order chi connectivity index (χ0) is 14.8. The van der Waals surface area contributed by atoms with Crippen LogP contribution in [-0.4, -0.2) is 20.4 Å². The fraction of sp³-hybridized carbons (Fsp3) is 0.286. The van der Waals surface area contributed by atoms with Crippen LogP contribution in [0.2, 0.25) is 0 Å². The number of aromatic amines is 1. The maximum atomic E-state index is 12.3. The predicted molar refractivity (Wildman–Crippen MR) is 80.3 cm³/mol. The number of anilines is 1. The molecule has 0 saturated carbocycles. The lowest BCUT2D eigenvalue weighted by atomic mass is 10.1. The van der Waals surface area contributed by atoms with Crippen molar-refractivity contribution in [3.05, 3.63) is 47.3 Å². The average molecular weight is 293 g/mol. The lowest BCUT2D eigenvalue weighted by molar-refractivity contribution is 0.601. The van der Waals surface area contributed by atoms with Crippen LogP contribution in [0.15, 0.2) is 35.4 Å². The monoisotopic (exact) mass is 293 g/mol. The molecular formula is C14H19N3O2S. The van der Waals surface area contributed by atoms with Crippen molar-refractivity contribution in [3.8, 4) is 0 Å². The van der Waals surface area contributed by atoms with Gasteiger partial charge in [0.05, 0.1) is 0 Å². The highest BCUT2D eigenvalue weighted by atomic mass is 32.2. The number of hydrogen-bond acceptors (Lipinski definition) is 3. The van der Waals surface area contributed by atoms with Crippen LogP contribution in [0.1, 0.15) is 16.8 Å². The summed E-state index contributed by atoms with van der Waals surface area (Å²) in [5.74, 6) is 0. The van der Waals surface area contributed by atoms with Crippen LogP contribution < -0.4 is 10.0 Å². The van der Waals surface area contributed by atoms with Gasteiger partial charge in [0.1, 0.15) is 4.90 Å². The Kier molecular flexibility index (Phi) is 4.15. The molecule has 6 heteroatoms. The molecule has 108 valence electrons. The number of rotatable bonds is 5. The second-order valence-corrected chi connectivity index (χ2v) is 6.56. The molecule has 0 aliphatic rings. The zero-order valence-corrected chi connectivity index (χ0v) is 12.6. The van der Waals surface area contributed by atoms with E-state index in [0.29, 0.717) is 12.2 Å². The summed E-state index contributed by atoms with van der Waals surface area (Å²) in [5.41, 5.74) is 3.45. The van der Waals surface area contributed by atoms with Gasteiger partial charge in [-0.3, -0.25) is 4.72 Å². The summed E-state index contributed by atoms with van der Waals surface area (Å²) >= 11 is 0. The Morgan fingerprint density at radius 1 is 1.10 bits per heavy atom. The minimum absolute atomic E-state index is 0.238. The Morgan fingerprint density at radius 2 is 1.75 bits per heavy atom. The summed E-state index contributed by atoms with van der Waals surface area (Å²) in [6, 6.07) is 7.25. The maximum Gasteiger partial charge on any atom is 0.263 e. The van der Waals surface area contributed by atoms with Crippen LogP contribution in [-0.2, 0) is 16.6 Å². The van der Waals surface area contributed by atoms with E-state index in [2.05, 4.69) is 15.0 Å². The smallest absolute Gasteiger partial charge is 0.263 e. The van der Waals surface area contributed by atoms with Gasteiger partial charge in [0.2, 0.25) is 0 Å². The third-order valence-corrected chi connectivity index (χ3v) is 4.23. The lowest BCUT2D eigenvalue weighted by Gasteiger charge is -2.08. The number of H-pyrrole nitrogens is 1. The quantitative estimate of drug-likeness (QED) is 0.791. The summed E-state index contributed by atoms with van der Waals surface area (Å²) in [4.78, 5) is 3.18. The molecule has 1 aromatic carbocycles. The van der Waals surface area contributed by atoms with Gasteiger partial charge in [-0.2, -0.15) is 0 Å². The Labute approximate surface area is 119 Å². The first-order valence-corrected chi connectivity index (χ1v) is 7.82. The van der Waals surface area contributed by atoms with Crippen molar-refractivity contribution in [3.63, 3.8) is 0 Å². The van der Waals surface area contributed by atoms with Crippen molar-refractivity contribution in [2.75, 3.05) is 11.8 Å². The molecule has 1 heterocycles. The summed E-state index contributed by atoms with van der Waals surface area (Å²) in [5, 5.41) is 2.97. The molecule has 1 aromatic heterocycles. The van der Waals surface area contributed by atoms with E-state index in [0.717, 1.165) is 16.8 Å². The van der Waals surface area contributed by atoms with Crippen LogP contribution >= 0.6 is 0 Å². The van der Waals surface area contributed by atoms with E-state index in [4.69, 9.17) is 0 Å². The molecular weight excluding hydrogens is 274 g/mol. The number of nitrogens with one attached hydrogen (secondary N) is 3. The van der Waals surface area contributed by atoms with Gasteiger partial charge in [0, 0.05) is 24.1 Å². The van der Waals surface area contributed by atoms with Gasteiger partial charge in [0.15, 0.2) is 0 Å². The van der Waals surface area contributed by atoms with Crippen molar-refractivity contribution in [1.82, 2.24) is 10.3 Å². The molecule has 20 heavy (non-hydrogen) atoms. The van der Waals surface area contributed by atoms with E-state index in [1.807, 2.05) is 39.1 Å². The maximum absolute atomic E-state index is 12.3.